The van der Waals surface area contributed by atoms with Gasteiger partial charge in [0.05, 0.1) is 0 Å². The molecule has 0 aliphatic heterocycles. The molecule has 0 atom stereocenters. The normalized spacial score (nSPS) is 11.0. The van der Waals surface area contributed by atoms with Crippen molar-refractivity contribution in [2.24, 2.45) is 0 Å². The maximum atomic E-state index is 13.3. The fourth-order valence-electron chi connectivity index (χ4n) is 1.41. The molecular formula is C12HF9O. The molecule has 2 aromatic rings. The summed E-state index contributed by atoms with van der Waals surface area (Å²) in [6.07, 6.45) is 0. The topological polar surface area (TPSA) is 9.23 Å². The summed E-state index contributed by atoms with van der Waals surface area (Å²) >= 11 is 0. The van der Waals surface area contributed by atoms with Crippen LogP contribution in [-0.4, -0.2) is 0 Å². The van der Waals surface area contributed by atoms with Gasteiger partial charge >= 0.3 is 0 Å². The Kier molecular flexibility index (Phi) is 3.94. The highest BCUT2D eigenvalue weighted by molar-refractivity contribution is 5.36. The summed E-state index contributed by atoms with van der Waals surface area (Å²) in [5, 5.41) is 0. The Balaban J connectivity index is 2.63. The highest BCUT2D eigenvalue weighted by atomic mass is 19.2. The van der Waals surface area contributed by atoms with Crippen molar-refractivity contribution in [1.82, 2.24) is 0 Å². The highest BCUT2D eigenvalue weighted by Crippen LogP contribution is 2.35. The zero-order valence-corrected chi connectivity index (χ0v) is 9.89. The molecule has 0 unspecified atom stereocenters. The van der Waals surface area contributed by atoms with Crippen LogP contribution in [0.1, 0.15) is 0 Å². The quantitative estimate of drug-likeness (QED) is 0.439. The van der Waals surface area contributed by atoms with Crippen molar-refractivity contribution < 1.29 is 44.3 Å². The SMILES string of the molecule is Fc1cc(Oc2c(F)c(F)c(F)c(F)c2F)c(F)c(F)c1F. The van der Waals surface area contributed by atoms with Gasteiger partial charge in [0, 0.05) is 6.07 Å². The number of rotatable bonds is 2. The lowest BCUT2D eigenvalue weighted by Crippen LogP contribution is -2.06. The van der Waals surface area contributed by atoms with E-state index in [0.29, 0.717) is 0 Å². The molecule has 0 saturated heterocycles. The molecular weight excluding hydrogens is 331 g/mol. The van der Waals surface area contributed by atoms with Crippen LogP contribution >= 0.6 is 0 Å². The third kappa shape index (κ3) is 2.34. The Labute approximate surface area is 115 Å². The minimum absolute atomic E-state index is 0.161. The molecule has 2 aromatic carbocycles. The van der Waals surface area contributed by atoms with Crippen molar-refractivity contribution in [2.45, 2.75) is 0 Å². The van der Waals surface area contributed by atoms with Crippen molar-refractivity contribution in [3.63, 3.8) is 0 Å². The third-order valence-electron chi connectivity index (χ3n) is 2.45. The van der Waals surface area contributed by atoms with E-state index >= 15 is 0 Å². The standard InChI is InChI=1S/C12HF9O/c13-2-1-3(5(15)6(16)4(2)14)22-12-10(20)8(18)7(17)9(19)11(12)21/h1H. The van der Waals surface area contributed by atoms with Crippen molar-refractivity contribution in [1.29, 1.82) is 0 Å². The lowest BCUT2D eigenvalue weighted by atomic mass is 10.2. The molecule has 0 amide bonds. The van der Waals surface area contributed by atoms with Gasteiger partial charge in [-0.15, -0.1) is 0 Å². The predicted molar refractivity (Wildman–Crippen MR) is 52.6 cm³/mol. The summed E-state index contributed by atoms with van der Waals surface area (Å²) in [5.74, 6) is -24.8. The van der Waals surface area contributed by atoms with Gasteiger partial charge in [0.25, 0.3) is 0 Å². The minimum atomic E-state index is -2.51. The first-order chi connectivity index (χ1) is 10.2. The third-order valence-corrected chi connectivity index (χ3v) is 2.45. The summed E-state index contributed by atoms with van der Waals surface area (Å²) in [6, 6.07) is -0.161. The lowest BCUT2D eigenvalue weighted by Gasteiger charge is -2.11. The van der Waals surface area contributed by atoms with E-state index in [2.05, 4.69) is 4.74 Å². The van der Waals surface area contributed by atoms with Crippen LogP contribution in [0.4, 0.5) is 39.5 Å². The van der Waals surface area contributed by atoms with Crippen LogP contribution in [0, 0.1) is 52.4 Å². The summed E-state index contributed by atoms with van der Waals surface area (Å²) < 4.78 is 121. The Morgan fingerprint density at radius 1 is 0.500 bits per heavy atom. The molecule has 0 radical (unpaired) electrons. The molecule has 0 fully saturated rings. The zero-order chi connectivity index (χ0) is 16.8. The molecule has 0 heterocycles. The van der Waals surface area contributed by atoms with Gasteiger partial charge in [-0.25, -0.2) is 26.3 Å². The number of halogens is 9. The average Bonchev–Trinajstić information content (AvgIpc) is 2.50. The van der Waals surface area contributed by atoms with Crippen LogP contribution in [0.5, 0.6) is 11.5 Å². The van der Waals surface area contributed by atoms with E-state index in [9.17, 15) is 39.5 Å². The van der Waals surface area contributed by atoms with Gasteiger partial charge in [-0.05, 0) is 0 Å². The van der Waals surface area contributed by atoms with E-state index in [1.807, 2.05) is 0 Å². The second-order valence-electron chi connectivity index (χ2n) is 3.80. The monoisotopic (exact) mass is 332 g/mol. The first-order valence-electron chi connectivity index (χ1n) is 5.19. The van der Waals surface area contributed by atoms with Crippen LogP contribution in [0.25, 0.3) is 0 Å². The van der Waals surface area contributed by atoms with Crippen LogP contribution in [0.2, 0.25) is 0 Å². The lowest BCUT2D eigenvalue weighted by molar-refractivity contribution is 0.316. The fraction of sp³-hybridized carbons (Fsp3) is 0. The molecule has 1 nitrogen and oxygen atoms in total. The van der Waals surface area contributed by atoms with Crippen molar-refractivity contribution >= 4 is 0 Å². The number of hydrogen-bond acceptors (Lipinski definition) is 1. The average molecular weight is 332 g/mol. The van der Waals surface area contributed by atoms with Gasteiger partial charge in [0.1, 0.15) is 0 Å². The fourth-order valence-corrected chi connectivity index (χ4v) is 1.41. The van der Waals surface area contributed by atoms with Crippen molar-refractivity contribution in [3.8, 4) is 11.5 Å². The van der Waals surface area contributed by atoms with Gasteiger partial charge in [0.2, 0.25) is 46.5 Å². The second-order valence-corrected chi connectivity index (χ2v) is 3.80. The van der Waals surface area contributed by atoms with Gasteiger partial charge in [-0.3, -0.25) is 0 Å². The summed E-state index contributed by atoms with van der Waals surface area (Å²) in [7, 11) is 0. The molecule has 0 spiro atoms. The molecule has 118 valence electrons. The van der Waals surface area contributed by atoms with Gasteiger partial charge in [0.15, 0.2) is 17.4 Å². The smallest absolute Gasteiger partial charge is 0.207 e. The molecule has 0 aliphatic carbocycles. The summed E-state index contributed by atoms with van der Waals surface area (Å²) in [6.45, 7) is 0. The molecule has 10 heteroatoms. The van der Waals surface area contributed by atoms with E-state index in [4.69, 9.17) is 0 Å². The Morgan fingerprint density at radius 2 is 0.909 bits per heavy atom. The summed E-state index contributed by atoms with van der Waals surface area (Å²) in [5.41, 5.74) is 0. The van der Waals surface area contributed by atoms with Crippen LogP contribution in [-0.2, 0) is 0 Å². The Morgan fingerprint density at radius 3 is 1.41 bits per heavy atom. The van der Waals surface area contributed by atoms with E-state index in [1.165, 1.54) is 0 Å². The molecule has 0 saturated carbocycles. The molecule has 0 bridgehead atoms. The summed E-state index contributed by atoms with van der Waals surface area (Å²) in [4.78, 5) is 0. The maximum Gasteiger partial charge on any atom is 0.207 e. The van der Waals surface area contributed by atoms with Crippen LogP contribution in [0.15, 0.2) is 6.07 Å². The molecule has 2 rings (SSSR count). The van der Waals surface area contributed by atoms with E-state index in [0.717, 1.165) is 0 Å². The molecule has 0 aromatic heterocycles. The van der Waals surface area contributed by atoms with E-state index < -0.39 is 63.9 Å². The maximum absolute atomic E-state index is 13.3. The van der Waals surface area contributed by atoms with Gasteiger partial charge < -0.3 is 4.74 Å². The number of ether oxygens (including phenoxy) is 1. The van der Waals surface area contributed by atoms with Gasteiger partial charge in [-0.2, -0.15) is 13.2 Å². The number of benzene rings is 2. The van der Waals surface area contributed by atoms with Crippen LogP contribution in [0.3, 0.4) is 0 Å². The minimum Gasteiger partial charge on any atom is -0.448 e. The molecule has 22 heavy (non-hydrogen) atoms. The van der Waals surface area contributed by atoms with E-state index in [1.54, 1.807) is 0 Å². The first kappa shape index (κ1) is 16.0. The van der Waals surface area contributed by atoms with Gasteiger partial charge in [-0.1, -0.05) is 0 Å². The highest BCUT2D eigenvalue weighted by Gasteiger charge is 2.29. The van der Waals surface area contributed by atoms with E-state index in [-0.39, 0.29) is 6.07 Å². The second kappa shape index (κ2) is 5.43. The Bertz CT molecular complexity index is 743. The molecule has 0 N–H and O–H groups in total. The van der Waals surface area contributed by atoms with Crippen LogP contribution < -0.4 is 4.74 Å². The predicted octanol–water partition coefficient (Wildman–Crippen LogP) is 4.73. The first-order valence-corrected chi connectivity index (χ1v) is 5.19. The van der Waals surface area contributed by atoms with Crippen molar-refractivity contribution in [3.05, 3.63) is 58.4 Å². The zero-order valence-electron chi connectivity index (χ0n) is 9.89. The number of hydrogen-bond donors (Lipinski definition) is 0. The largest absolute Gasteiger partial charge is 0.448 e. The molecule has 0 aliphatic rings. The Hall–Kier alpha value is -2.39. The van der Waals surface area contributed by atoms with Crippen molar-refractivity contribution in [2.75, 3.05) is 0 Å².